The van der Waals surface area contributed by atoms with Gasteiger partial charge in [0.1, 0.15) is 5.82 Å². The lowest BCUT2D eigenvalue weighted by Crippen LogP contribution is -2.41. The van der Waals surface area contributed by atoms with Gasteiger partial charge < -0.3 is 10.6 Å². The van der Waals surface area contributed by atoms with Crippen LogP contribution in [0.1, 0.15) is 38.3 Å². The molecule has 0 saturated carbocycles. The highest BCUT2D eigenvalue weighted by molar-refractivity contribution is 6.42. The standard InChI is InChI=1S/C28H24Cl2FN3O2/c1-28(2)14-22-25(24(35)15-28)26(16-7-9-17(31)10-8-16)34(23-6-4-3-5-21(23)33-22)27(36)32-18-11-12-19(29)20(30)13-18/h3-13,26,33H,14-15H2,1-2H3,(H,32,36)/t26-/m1/s1. The molecule has 2 amide bonds. The normalized spacial score (nSPS) is 18.6. The number of allylic oxidation sites excluding steroid dienone is 1. The number of anilines is 3. The highest BCUT2D eigenvalue weighted by Crippen LogP contribution is 2.48. The Balaban J connectivity index is 1.70. The fourth-order valence-electron chi connectivity index (χ4n) is 4.93. The van der Waals surface area contributed by atoms with E-state index in [1.807, 2.05) is 24.3 Å². The van der Waals surface area contributed by atoms with E-state index in [1.165, 1.54) is 12.1 Å². The Morgan fingerprint density at radius 2 is 1.75 bits per heavy atom. The fourth-order valence-corrected chi connectivity index (χ4v) is 5.23. The highest BCUT2D eigenvalue weighted by Gasteiger charge is 2.43. The first-order valence-corrected chi connectivity index (χ1v) is 12.3. The molecule has 0 unspecified atom stereocenters. The minimum absolute atomic E-state index is 0.0526. The number of para-hydroxylation sites is 2. The molecule has 0 fully saturated rings. The van der Waals surface area contributed by atoms with Crippen LogP contribution in [0, 0.1) is 11.2 Å². The van der Waals surface area contributed by atoms with Gasteiger partial charge in [0.05, 0.1) is 27.5 Å². The SMILES string of the molecule is CC1(C)CC(=O)C2=C(C1)Nc1ccccc1N(C(=O)Nc1ccc(Cl)c(Cl)c1)[C@@H]2c1ccc(F)cc1. The number of carbonyl (C=O) groups is 2. The zero-order valence-corrected chi connectivity index (χ0v) is 21.3. The Labute approximate surface area is 218 Å². The zero-order valence-electron chi connectivity index (χ0n) is 19.7. The molecule has 1 atom stereocenters. The quantitative estimate of drug-likeness (QED) is 0.357. The van der Waals surface area contributed by atoms with Gasteiger partial charge in [-0.25, -0.2) is 9.18 Å². The Kier molecular flexibility index (Phi) is 6.27. The lowest BCUT2D eigenvalue weighted by atomic mass is 9.73. The van der Waals surface area contributed by atoms with Crippen molar-refractivity contribution in [3.05, 3.63) is 99.4 Å². The molecule has 5 rings (SSSR count). The number of amides is 2. The lowest BCUT2D eigenvalue weighted by Gasteiger charge is -2.37. The van der Waals surface area contributed by atoms with Gasteiger partial charge in [0.15, 0.2) is 5.78 Å². The summed E-state index contributed by atoms with van der Waals surface area (Å²) >= 11 is 12.2. The van der Waals surface area contributed by atoms with E-state index in [4.69, 9.17) is 23.2 Å². The van der Waals surface area contributed by atoms with Gasteiger partial charge in [-0.3, -0.25) is 9.69 Å². The Morgan fingerprint density at radius 1 is 1.03 bits per heavy atom. The van der Waals surface area contributed by atoms with Gasteiger partial charge in [0, 0.05) is 23.4 Å². The molecule has 1 aliphatic carbocycles. The summed E-state index contributed by atoms with van der Waals surface area (Å²) in [6.45, 7) is 4.10. The van der Waals surface area contributed by atoms with Crippen LogP contribution in [-0.2, 0) is 4.79 Å². The summed E-state index contributed by atoms with van der Waals surface area (Å²) in [6, 6.07) is 16.9. The maximum absolute atomic E-state index is 13.9. The van der Waals surface area contributed by atoms with Crippen molar-refractivity contribution in [2.24, 2.45) is 5.41 Å². The number of nitrogens with one attached hydrogen (secondary N) is 2. The summed E-state index contributed by atoms with van der Waals surface area (Å²) in [4.78, 5) is 29.1. The first kappa shape index (κ1) is 24.3. The maximum atomic E-state index is 13.9. The van der Waals surface area contributed by atoms with Crippen molar-refractivity contribution < 1.29 is 14.0 Å². The van der Waals surface area contributed by atoms with Crippen molar-refractivity contribution in [1.29, 1.82) is 0 Å². The second-order valence-electron chi connectivity index (χ2n) is 9.86. The molecular formula is C28H24Cl2FN3O2. The van der Waals surface area contributed by atoms with Crippen LogP contribution in [-0.4, -0.2) is 11.8 Å². The largest absolute Gasteiger partial charge is 0.357 e. The number of ketones is 1. The Hall–Kier alpha value is -3.35. The zero-order chi connectivity index (χ0) is 25.6. The van der Waals surface area contributed by atoms with Gasteiger partial charge in [-0.2, -0.15) is 0 Å². The Morgan fingerprint density at radius 3 is 2.47 bits per heavy atom. The van der Waals surface area contributed by atoms with Crippen LogP contribution in [0.2, 0.25) is 10.0 Å². The predicted molar refractivity (Wildman–Crippen MR) is 142 cm³/mol. The molecule has 0 radical (unpaired) electrons. The summed E-state index contributed by atoms with van der Waals surface area (Å²) in [5.74, 6) is -0.453. The van der Waals surface area contributed by atoms with E-state index in [-0.39, 0.29) is 11.2 Å². The number of Topliss-reactive ketones (excluding diaryl/α,β-unsaturated/α-hetero) is 1. The molecule has 2 N–H and O–H groups in total. The Bertz CT molecular complexity index is 1400. The van der Waals surface area contributed by atoms with E-state index >= 15 is 0 Å². The van der Waals surface area contributed by atoms with Crippen molar-refractivity contribution >= 4 is 52.1 Å². The molecule has 2 aliphatic rings. The summed E-state index contributed by atoms with van der Waals surface area (Å²) in [6.07, 6.45) is 0.964. The van der Waals surface area contributed by atoms with Gasteiger partial charge in [-0.1, -0.05) is 61.3 Å². The number of fused-ring (bicyclic) bond motifs is 1. The molecule has 0 bridgehead atoms. The molecule has 0 saturated heterocycles. The molecule has 5 nitrogen and oxygen atoms in total. The van der Waals surface area contributed by atoms with Crippen molar-refractivity contribution in [1.82, 2.24) is 0 Å². The predicted octanol–water partition coefficient (Wildman–Crippen LogP) is 7.98. The van der Waals surface area contributed by atoms with Crippen LogP contribution in [0.15, 0.2) is 78.0 Å². The van der Waals surface area contributed by atoms with Gasteiger partial charge in [0.2, 0.25) is 0 Å². The third-order valence-electron chi connectivity index (χ3n) is 6.48. The minimum atomic E-state index is -0.775. The van der Waals surface area contributed by atoms with E-state index in [0.29, 0.717) is 51.1 Å². The number of carbonyl (C=O) groups excluding carboxylic acids is 2. The van der Waals surface area contributed by atoms with Gasteiger partial charge in [0.25, 0.3) is 0 Å². The molecule has 1 heterocycles. The van der Waals surface area contributed by atoms with E-state index < -0.39 is 17.9 Å². The van der Waals surface area contributed by atoms with Gasteiger partial charge in [-0.15, -0.1) is 0 Å². The minimum Gasteiger partial charge on any atom is -0.357 e. The number of benzene rings is 3. The maximum Gasteiger partial charge on any atom is 0.327 e. The van der Waals surface area contributed by atoms with Crippen molar-refractivity contribution in [2.45, 2.75) is 32.7 Å². The second kappa shape index (κ2) is 9.26. The smallest absolute Gasteiger partial charge is 0.327 e. The summed E-state index contributed by atoms with van der Waals surface area (Å²) in [5.41, 5.74) is 3.38. The van der Waals surface area contributed by atoms with Crippen molar-refractivity contribution in [3.63, 3.8) is 0 Å². The molecule has 3 aromatic rings. The average molecular weight is 524 g/mol. The third-order valence-corrected chi connectivity index (χ3v) is 7.22. The number of hydrogen-bond donors (Lipinski definition) is 2. The topological polar surface area (TPSA) is 61.4 Å². The summed E-state index contributed by atoms with van der Waals surface area (Å²) in [7, 11) is 0. The monoisotopic (exact) mass is 523 g/mol. The molecule has 0 spiro atoms. The first-order valence-electron chi connectivity index (χ1n) is 11.6. The van der Waals surface area contributed by atoms with Crippen LogP contribution in [0.4, 0.5) is 26.2 Å². The molecular weight excluding hydrogens is 500 g/mol. The van der Waals surface area contributed by atoms with Crippen molar-refractivity contribution in [2.75, 3.05) is 15.5 Å². The average Bonchev–Trinajstić information content (AvgIpc) is 2.95. The molecule has 8 heteroatoms. The number of rotatable bonds is 2. The van der Waals surface area contributed by atoms with E-state index in [2.05, 4.69) is 24.5 Å². The van der Waals surface area contributed by atoms with Crippen molar-refractivity contribution in [3.8, 4) is 0 Å². The van der Waals surface area contributed by atoms with Gasteiger partial charge >= 0.3 is 6.03 Å². The number of hydrogen-bond acceptors (Lipinski definition) is 3. The number of nitrogens with zero attached hydrogens (tertiary/aromatic N) is 1. The van der Waals surface area contributed by atoms with Crippen LogP contribution >= 0.6 is 23.2 Å². The second-order valence-corrected chi connectivity index (χ2v) is 10.7. The molecule has 184 valence electrons. The summed E-state index contributed by atoms with van der Waals surface area (Å²) < 4.78 is 13.9. The molecule has 0 aromatic heterocycles. The van der Waals surface area contributed by atoms with Crippen LogP contribution in [0.3, 0.4) is 0 Å². The van der Waals surface area contributed by atoms with Crippen LogP contribution < -0.4 is 15.5 Å². The molecule has 1 aliphatic heterocycles. The highest BCUT2D eigenvalue weighted by atomic mass is 35.5. The number of halogens is 3. The third kappa shape index (κ3) is 4.59. The number of urea groups is 1. The van der Waals surface area contributed by atoms with E-state index in [0.717, 1.165) is 5.70 Å². The van der Waals surface area contributed by atoms with Crippen LogP contribution in [0.5, 0.6) is 0 Å². The summed E-state index contributed by atoms with van der Waals surface area (Å²) in [5, 5.41) is 7.01. The fraction of sp³-hybridized carbons (Fsp3) is 0.214. The lowest BCUT2D eigenvalue weighted by molar-refractivity contribution is -0.118. The molecule has 3 aromatic carbocycles. The molecule has 36 heavy (non-hydrogen) atoms. The first-order chi connectivity index (χ1) is 17.1. The van der Waals surface area contributed by atoms with E-state index in [9.17, 15) is 14.0 Å². The van der Waals surface area contributed by atoms with Crippen LogP contribution in [0.25, 0.3) is 0 Å². The van der Waals surface area contributed by atoms with Gasteiger partial charge in [-0.05, 0) is 59.9 Å². The van der Waals surface area contributed by atoms with E-state index in [1.54, 1.807) is 35.2 Å².